The number of carbonyl (C=O) groups is 2. The molecule has 112 valence electrons. The molecule has 8 heteroatoms. The summed E-state index contributed by atoms with van der Waals surface area (Å²) in [5.41, 5.74) is -0.120. The maximum Gasteiger partial charge on any atom is 0.332 e. The predicted octanol–water partition coefficient (Wildman–Crippen LogP) is 2.72. The van der Waals surface area contributed by atoms with Crippen molar-refractivity contribution in [3.8, 4) is 5.75 Å². The van der Waals surface area contributed by atoms with Crippen molar-refractivity contribution in [1.82, 2.24) is 4.90 Å². The summed E-state index contributed by atoms with van der Waals surface area (Å²) in [7, 11) is 1.39. The fraction of sp³-hybridized carbons (Fsp3) is 0.385. The van der Waals surface area contributed by atoms with E-state index >= 15 is 0 Å². The summed E-state index contributed by atoms with van der Waals surface area (Å²) in [6.45, 7) is 0. The standard InChI is InChI=1S/C13H12ClFN2O3S/c1-20-11-5-10(8(15)4-7(11)14)17-12(18)9-2-3-21-6-16(9)13(17)19/h4-5,9H,2-3,6H2,1H3. The number of hydrogen-bond acceptors (Lipinski definition) is 4. The Balaban J connectivity index is 2.04. The van der Waals surface area contributed by atoms with Gasteiger partial charge >= 0.3 is 6.03 Å². The number of ether oxygens (including phenoxy) is 1. The van der Waals surface area contributed by atoms with Gasteiger partial charge in [0.25, 0.3) is 5.91 Å². The molecule has 2 fully saturated rings. The summed E-state index contributed by atoms with van der Waals surface area (Å²) in [4.78, 5) is 27.1. The van der Waals surface area contributed by atoms with Crippen molar-refractivity contribution in [3.05, 3.63) is 23.0 Å². The molecule has 0 N–H and O–H groups in total. The molecule has 0 bridgehead atoms. The van der Waals surface area contributed by atoms with E-state index in [1.165, 1.54) is 18.1 Å². The number of halogens is 2. The summed E-state index contributed by atoms with van der Waals surface area (Å²) in [6, 6.07) is 1.32. The van der Waals surface area contributed by atoms with Crippen LogP contribution in [-0.2, 0) is 4.79 Å². The second kappa shape index (κ2) is 5.38. The fourth-order valence-electron chi connectivity index (χ4n) is 2.49. The number of thioether (sulfide) groups is 1. The first-order valence-electron chi connectivity index (χ1n) is 6.30. The molecule has 0 aromatic heterocycles. The number of methoxy groups -OCH3 is 1. The van der Waals surface area contributed by atoms with Crippen LogP contribution in [0.4, 0.5) is 14.9 Å². The molecular formula is C13H12ClFN2O3S. The van der Waals surface area contributed by atoms with Crippen LogP contribution in [0.25, 0.3) is 0 Å². The molecule has 1 aromatic carbocycles. The lowest BCUT2D eigenvalue weighted by atomic mass is 10.2. The molecular weight excluding hydrogens is 319 g/mol. The fourth-order valence-corrected chi connectivity index (χ4v) is 3.72. The topological polar surface area (TPSA) is 49.9 Å². The number of fused-ring (bicyclic) bond motifs is 1. The quantitative estimate of drug-likeness (QED) is 0.782. The number of rotatable bonds is 2. The van der Waals surface area contributed by atoms with Crippen LogP contribution < -0.4 is 9.64 Å². The third kappa shape index (κ3) is 2.24. The van der Waals surface area contributed by atoms with Gasteiger partial charge in [-0.25, -0.2) is 14.1 Å². The molecule has 21 heavy (non-hydrogen) atoms. The van der Waals surface area contributed by atoms with Crippen LogP contribution in [0.5, 0.6) is 5.75 Å². The molecule has 5 nitrogen and oxygen atoms in total. The number of benzene rings is 1. The van der Waals surface area contributed by atoms with Crippen LogP contribution in [0.15, 0.2) is 12.1 Å². The Morgan fingerprint density at radius 1 is 1.43 bits per heavy atom. The minimum Gasteiger partial charge on any atom is -0.495 e. The lowest BCUT2D eigenvalue weighted by Gasteiger charge is -2.25. The Morgan fingerprint density at radius 3 is 2.86 bits per heavy atom. The van der Waals surface area contributed by atoms with Crippen molar-refractivity contribution >= 4 is 41.0 Å². The van der Waals surface area contributed by atoms with Gasteiger partial charge in [0.15, 0.2) is 0 Å². The van der Waals surface area contributed by atoms with E-state index in [4.69, 9.17) is 16.3 Å². The molecule has 2 aliphatic rings. The molecule has 0 saturated carbocycles. The Morgan fingerprint density at radius 2 is 2.19 bits per heavy atom. The van der Waals surface area contributed by atoms with E-state index in [9.17, 15) is 14.0 Å². The highest BCUT2D eigenvalue weighted by molar-refractivity contribution is 7.99. The summed E-state index contributed by atoms with van der Waals surface area (Å²) < 4.78 is 19.2. The first-order chi connectivity index (χ1) is 10.0. The average Bonchev–Trinajstić information content (AvgIpc) is 2.72. The zero-order chi connectivity index (χ0) is 15.1. The van der Waals surface area contributed by atoms with Gasteiger partial charge in [-0.05, 0) is 18.2 Å². The van der Waals surface area contributed by atoms with Gasteiger partial charge in [0.2, 0.25) is 0 Å². The Hall–Kier alpha value is -1.47. The highest BCUT2D eigenvalue weighted by Gasteiger charge is 2.47. The summed E-state index contributed by atoms with van der Waals surface area (Å²) in [6.07, 6.45) is 0.581. The second-order valence-electron chi connectivity index (χ2n) is 4.71. The van der Waals surface area contributed by atoms with Crippen molar-refractivity contribution in [2.45, 2.75) is 12.5 Å². The minimum absolute atomic E-state index is 0.0890. The van der Waals surface area contributed by atoms with Crippen LogP contribution in [-0.4, -0.2) is 41.6 Å². The largest absolute Gasteiger partial charge is 0.495 e. The molecule has 0 radical (unpaired) electrons. The van der Waals surface area contributed by atoms with Crippen LogP contribution >= 0.6 is 23.4 Å². The normalized spacial score (nSPS) is 21.8. The van der Waals surface area contributed by atoms with Gasteiger partial charge in [-0.15, -0.1) is 11.8 Å². The van der Waals surface area contributed by atoms with Gasteiger partial charge in [0.05, 0.1) is 23.7 Å². The number of amides is 3. The van der Waals surface area contributed by atoms with Gasteiger partial charge in [-0.1, -0.05) is 11.6 Å². The molecule has 1 unspecified atom stereocenters. The van der Waals surface area contributed by atoms with Gasteiger partial charge < -0.3 is 9.64 Å². The number of nitrogens with zero attached hydrogens (tertiary/aromatic N) is 2. The van der Waals surface area contributed by atoms with Gasteiger partial charge in [0.1, 0.15) is 17.6 Å². The molecule has 3 rings (SSSR count). The Labute approximate surface area is 130 Å². The zero-order valence-electron chi connectivity index (χ0n) is 11.1. The molecule has 2 saturated heterocycles. The van der Waals surface area contributed by atoms with E-state index < -0.39 is 23.8 Å². The van der Waals surface area contributed by atoms with E-state index in [1.54, 1.807) is 11.8 Å². The van der Waals surface area contributed by atoms with E-state index in [1.807, 2.05) is 0 Å². The molecule has 1 aromatic rings. The van der Waals surface area contributed by atoms with Gasteiger partial charge in [0, 0.05) is 6.07 Å². The van der Waals surface area contributed by atoms with Crippen molar-refractivity contribution in [1.29, 1.82) is 0 Å². The first kappa shape index (κ1) is 14.5. The van der Waals surface area contributed by atoms with Crippen molar-refractivity contribution in [3.63, 3.8) is 0 Å². The SMILES string of the molecule is COc1cc(N2C(=O)C3CCSCN3C2=O)c(F)cc1Cl. The maximum atomic E-state index is 14.1. The van der Waals surface area contributed by atoms with Crippen molar-refractivity contribution in [2.24, 2.45) is 0 Å². The zero-order valence-corrected chi connectivity index (χ0v) is 12.7. The lowest BCUT2D eigenvalue weighted by molar-refractivity contribution is -0.119. The van der Waals surface area contributed by atoms with Crippen LogP contribution in [0, 0.1) is 5.82 Å². The van der Waals surface area contributed by atoms with Crippen molar-refractivity contribution in [2.75, 3.05) is 23.6 Å². The Bertz CT molecular complexity index is 604. The molecule has 3 amide bonds. The number of hydrogen-bond donors (Lipinski definition) is 0. The van der Waals surface area contributed by atoms with E-state index in [0.29, 0.717) is 12.3 Å². The molecule has 2 aliphatic heterocycles. The minimum atomic E-state index is -0.727. The van der Waals surface area contributed by atoms with E-state index in [0.717, 1.165) is 16.7 Å². The smallest absolute Gasteiger partial charge is 0.332 e. The van der Waals surface area contributed by atoms with Gasteiger partial charge in [-0.2, -0.15) is 0 Å². The summed E-state index contributed by atoms with van der Waals surface area (Å²) in [5, 5.41) is 0.0890. The highest BCUT2D eigenvalue weighted by atomic mass is 35.5. The Kier molecular flexibility index (Phi) is 3.71. The predicted molar refractivity (Wildman–Crippen MR) is 78.4 cm³/mol. The van der Waals surface area contributed by atoms with E-state index in [2.05, 4.69) is 0 Å². The third-order valence-electron chi connectivity index (χ3n) is 3.55. The molecule has 0 spiro atoms. The highest BCUT2D eigenvalue weighted by Crippen LogP contribution is 2.37. The number of anilines is 1. The van der Waals surface area contributed by atoms with Crippen LogP contribution in [0.1, 0.15) is 6.42 Å². The molecule has 1 atom stereocenters. The molecule has 0 aliphatic carbocycles. The third-order valence-corrected chi connectivity index (χ3v) is 4.83. The molecule has 2 heterocycles. The monoisotopic (exact) mass is 330 g/mol. The van der Waals surface area contributed by atoms with Crippen LogP contribution in [0.3, 0.4) is 0 Å². The van der Waals surface area contributed by atoms with E-state index in [-0.39, 0.29) is 16.5 Å². The summed E-state index contributed by atoms with van der Waals surface area (Å²) >= 11 is 7.41. The summed E-state index contributed by atoms with van der Waals surface area (Å²) in [5.74, 6) is 0.338. The lowest BCUT2D eigenvalue weighted by Crippen LogP contribution is -2.38. The first-order valence-corrected chi connectivity index (χ1v) is 7.83. The number of carbonyl (C=O) groups excluding carboxylic acids is 2. The maximum absolute atomic E-state index is 14.1. The van der Waals surface area contributed by atoms with Crippen molar-refractivity contribution < 1.29 is 18.7 Å². The number of urea groups is 1. The number of imide groups is 1. The van der Waals surface area contributed by atoms with Gasteiger partial charge in [-0.3, -0.25) is 4.79 Å². The average molecular weight is 331 g/mol. The second-order valence-corrected chi connectivity index (χ2v) is 6.19. The van der Waals surface area contributed by atoms with Crippen LogP contribution in [0.2, 0.25) is 5.02 Å².